The van der Waals surface area contributed by atoms with Crippen molar-refractivity contribution in [2.45, 2.75) is 13.3 Å². The third-order valence-corrected chi connectivity index (χ3v) is 4.25. The number of aromatic nitrogens is 2. The Morgan fingerprint density at radius 2 is 2.14 bits per heavy atom. The molecule has 21 heavy (non-hydrogen) atoms. The molecule has 0 spiro atoms. The van der Waals surface area contributed by atoms with Crippen LogP contribution in [0.15, 0.2) is 36.0 Å². The lowest BCUT2D eigenvalue weighted by molar-refractivity contribution is 0.414. The van der Waals surface area contributed by atoms with E-state index in [-0.39, 0.29) is 0 Å². The predicted octanol–water partition coefficient (Wildman–Crippen LogP) is 4.19. The van der Waals surface area contributed by atoms with Crippen LogP contribution in [0.3, 0.4) is 0 Å². The van der Waals surface area contributed by atoms with Gasteiger partial charge in [-0.3, -0.25) is 0 Å². The minimum Gasteiger partial charge on any atom is -0.491 e. The van der Waals surface area contributed by atoms with Gasteiger partial charge in [0.05, 0.1) is 7.11 Å². The van der Waals surface area contributed by atoms with Crippen LogP contribution in [-0.2, 0) is 0 Å². The highest BCUT2D eigenvalue weighted by molar-refractivity contribution is 7.17. The maximum absolute atomic E-state index is 5.57. The fourth-order valence-electron chi connectivity index (χ4n) is 2.31. The van der Waals surface area contributed by atoms with Gasteiger partial charge < -0.3 is 10.1 Å². The highest BCUT2D eigenvalue weighted by atomic mass is 32.1. The minimum atomic E-state index is 0.701. The Kier molecular flexibility index (Phi) is 4.01. The summed E-state index contributed by atoms with van der Waals surface area (Å²) in [6, 6.07) is 8.35. The lowest BCUT2D eigenvalue weighted by Crippen LogP contribution is -2.05. The SMILES string of the molecule is CCCNc1ncnc(-c2cccc3ccsc23)c1OC. The van der Waals surface area contributed by atoms with E-state index in [1.165, 1.54) is 10.1 Å². The van der Waals surface area contributed by atoms with Crippen molar-refractivity contribution in [2.75, 3.05) is 19.0 Å². The molecule has 4 nitrogen and oxygen atoms in total. The summed E-state index contributed by atoms with van der Waals surface area (Å²) in [5.74, 6) is 1.45. The predicted molar refractivity (Wildman–Crippen MR) is 88.2 cm³/mol. The van der Waals surface area contributed by atoms with Crippen LogP contribution in [0.2, 0.25) is 0 Å². The molecule has 0 fully saturated rings. The third kappa shape index (κ3) is 2.56. The van der Waals surface area contributed by atoms with Crippen molar-refractivity contribution in [1.29, 1.82) is 0 Å². The smallest absolute Gasteiger partial charge is 0.187 e. The maximum atomic E-state index is 5.57. The normalized spacial score (nSPS) is 10.8. The third-order valence-electron chi connectivity index (χ3n) is 3.28. The number of nitrogens with zero attached hydrogens (tertiary/aromatic N) is 2. The first kappa shape index (κ1) is 13.8. The Bertz CT molecular complexity index is 754. The van der Waals surface area contributed by atoms with Gasteiger partial charge in [-0.2, -0.15) is 0 Å². The van der Waals surface area contributed by atoms with Gasteiger partial charge >= 0.3 is 0 Å². The summed E-state index contributed by atoms with van der Waals surface area (Å²) in [5.41, 5.74) is 1.92. The van der Waals surface area contributed by atoms with E-state index in [0.29, 0.717) is 5.75 Å². The second-order valence-electron chi connectivity index (χ2n) is 4.68. The summed E-state index contributed by atoms with van der Waals surface area (Å²) in [7, 11) is 1.66. The van der Waals surface area contributed by atoms with E-state index in [0.717, 1.165) is 30.0 Å². The summed E-state index contributed by atoms with van der Waals surface area (Å²) in [6.07, 6.45) is 2.62. The van der Waals surface area contributed by atoms with Crippen molar-refractivity contribution in [3.05, 3.63) is 36.0 Å². The van der Waals surface area contributed by atoms with E-state index in [1.54, 1.807) is 24.8 Å². The van der Waals surface area contributed by atoms with Crippen molar-refractivity contribution in [3.63, 3.8) is 0 Å². The molecule has 0 aliphatic heterocycles. The number of fused-ring (bicyclic) bond motifs is 1. The molecule has 0 amide bonds. The number of rotatable bonds is 5. The average molecular weight is 299 g/mol. The monoisotopic (exact) mass is 299 g/mol. The number of anilines is 1. The molecule has 1 aromatic carbocycles. The van der Waals surface area contributed by atoms with Crippen molar-refractivity contribution in [3.8, 4) is 17.0 Å². The average Bonchev–Trinajstić information content (AvgIpc) is 3.01. The zero-order chi connectivity index (χ0) is 14.7. The quantitative estimate of drug-likeness (QED) is 0.767. The second-order valence-corrected chi connectivity index (χ2v) is 5.59. The molecule has 5 heteroatoms. The molecular formula is C16H17N3OS. The van der Waals surface area contributed by atoms with Crippen LogP contribution in [0.1, 0.15) is 13.3 Å². The van der Waals surface area contributed by atoms with Gasteiger partial charge in [0.15, 0.2) is 11.6 Å². The summed E-state index contributed by atoms with van der Waals surface area (Å²) >= 11 is 1.72. The van der Waals surface area contributed by atoms with Gasteiger partial charge in [0.1, 0.15) is 12.0 Å². The van der Waals surface area contributed by atoms with Crippen LogP contribution >= 0.6 is 11.3 Å². The van der Waals surface area contributed by atoms with Gasteiger partial charge in [-0.05, 0) is 23.3 Å². The number of nitrogens with one attached hydrogen (secondary N) is 1. The van der Waals surface area contributed by atoms with Crippen molar-refractivity contribution in [2.24, 2.45) is 0 Å². The Labute approximate surface area is 127 Å². The second kappa shape index (κ2) is 6.10. The summed E-state index contributed by atoms with van der Waals surface area (Å²) < 4.78 is 6.79. The van der Waals surface area contributed by atoms with Gasteiger partial charge in [0.2, 0.25) is 0 Å². The van der Waals surface area contributed by atoms with Crippen LogP contribution < -0.4 is 10.1 Å². The van der Waals surface area contributed by atoms with Gasteiger partial charge in [0.25, 0.3) is 0 Å². The molecule has 3 aromatic rings. The van der Waals surface area contributed by atoms with Crippen LogP contribution in [0.4, 0.5) is 5.82 Å². The van der Waals surface area contributed by atoms with Crippen molar-refractivity contribution < 1.29 is 4.74 Å². The van der Waals surface area contributed by atoms with E-state index >= 15 is 0 Å². The van der Waals surface area contributed by atoms with E-state index in [4.69, 9.17) is 4.74 Å². The zero-order valence-electron chi connectivity index (χ0n) is 12.1. The number of methoxy groups -OCH3 is 1. The van der Waals surface area contributed by atoms with Gasteiger partial charge in [-0.15, -0.1) is 11.3 Å². The molecule has 0 aliphatic rings. The minimum absolute atomic E-state index is 0.701. The number of benzene rings is 1. The Morgan fingerprint density at radius 1 is 1.24 bits per heavy atom. The van der Waals surface area contributed by atoms with Crippen LogP contribution in [0, 0.1) is 0 Å². The van der Waals surface area contributed by atoms with E-state index in [1.807, 2.05) is 6.07 Å². The lowest BCUT2D eigenvalue weighted by atomic mass is 10.1. The zero-order valence-corrected chi connectivity index (χ0v) is 12.9. The summed E-state index contributed by atoms with van der Waals surface area (Å²) in [4.78, 5) is 8.75. The fourth-order valence-corrected chi connectivity index (χ4v) is 3.22. The summed E-state index contributed by atoms with van der Waals surface area (Å²) in [5, 5.41) is 6.61. The highest BCUT2D eigenvalue weighted by Gasteiger charge is 2.16. The standard InChI is InChI=1S/C16H17N3OS/c1-3-8-17-16-14(20-2)13(18-10-19-16)12-6-4-5-11-7-9-21-15(11)12/h4-7,9-10H,3,8H2,1-2H3,(H,17,18,19). The molecule has 0 bridgehead atoms. The Hall–Kier alpha value is -2.14. The molecule has 0 atom stereocenters. The van der Waals surface area contributed by atoms with E-state index in [9.17, 15) is 0 Å². The van der Waals surface area contributed by atoms with Crippen LogP contribution in [0.5, 0.6) is 5.75 Å². The lowest BCUT2D eigenvalue weighted by Gasteiger charge is -2.13. The molecule has 2 heterocycles. The molecular weight excluding hydrogens is 282 g/mol. The molecule has 0 unspecified atom stereocenters. The van der Waals surface area contributed by atoms with Crippen molar-refractivity contribution >= 4 is 27.2 Å². The first-order chi connectivity index (χ1) is 10.3. The van der Waals surface area contributed by atoms with Gasteiger partial charge in [-0.1, -0.05) is 25.1 Å². The number of ether oxygens (including phenoxy) is 1. The molecule has 0 saturated heterocycles. The fraction of sp³-hybridized carbons (Fsp3) is 0.250. The number of thiophene rings is 1. The molecule has 0 aliphatic carbocycles. The van der Waals surface area contributed by atoms with E-state index in [2.05, 4.69) is 45.8 Å². The van der Waals surface area contributed by atoms with Crippen molar-refractivity contribution in [1.82, 2.24) is 9.97 Å². The first-order valence-electron chi connectivity index (χ1n) is 6.94. The molecule has 108 valence electrons. The molecule has 0 radical (unpaired) electrons. The van der Waals surface area contributed by atoms with Crippen LogP contribution in [-0.4, -0.2) is 23.6 Å². The summed E-state index contributed by atoms with van der Waals surface area (Å²) in [6.45, 7) is 2.98. The van der Waals surface area contributed by atoms with E-state index < -0.39 is 0 Å². The largest absolute Gasteiger partial charge is 0.491 e. The van der Waals surface area contributed by atoms with Gasteiger partial charge in [-0.25, -0.2) is 9.97 Å². The number of hydrogen-bond donors (Lipinski definition) is 1. The molecule has 3 rings (SSSR count). The Morgan fingerprint density at radius 3 is 2.95 bits per heavy atom. The van der Waals surface area contributed by atoms with Gasteiger partial charge in [0, 0.05) is 16.8 Å². The molecule has 1 N–H and O–H groups in total. The first-order valence-corrected chi connectivity index (χ1v) is 7.82. The molecule has 2 aromatic heterocycles. The Balaban J connectivity index is 2.15. The maximum Gasteiger partial charge on any atom is 0.187 e. The topological polar surface area (TPSA) is 47.0 Å². The highest BCUT2D eigenvalue weighted by Crippen LogP contribution is 2.38. The molecule has 0 saturated carbocycles. The number of hydrogen-bond acceptors (Lipinski definition) is 5. The van der Waals surface area contributed by atoms with Crippen LogP contribution in [0.25, 0.3) is 21.3 Å².